The summed E-state index contributed by atoms with van der Waals surface area (Å²) in [5, 5.41) is 0.310. The Morgan fingerprint density at radius 1 is 1.36 bits per heavy atom. The highest BCUT2D eigenvalue weighted by molar-refractivity contribution is 6.33. The van der Waals surface area contributed by atoms with Crippen LogP contribution in [0, 0.1) is 5.82 Å². The highest BCUT2D eigenvalue weighted by Gasteiger charge is 2.19. The zero-order chi connectivity index (χ0) is 18.7. The van der Waals surface area contributed by atoms with Crippen molar-refractivity contribution in [3.63, 3.8) is 0 Å². The predicted octanol–water partition coefficient (Wildman–Crippen LogP) is 4.15. The quantitative estimate of drug-likeness (QED) is 0.834. The first-order valence-electron chi connectivity index (χ1n) is 7.82. The van der Waals surface area contributed by atoms with Gasteiger partial charge in [-0.15, -0.1) is 0 Å². The summed E-state index contributed by atoms with van der Waals surface area (Å²) in [5.41, 5.74) is 7.66. The molecule has 5 nitrogen and oxygen atoms in total. The monoisotopic (exact) mass is 364 g/mol. The normalized spacial score (nSPS) is 11.0. The number of ether oxygens (including phenoxy) is 1. The van der Waals surface area contributed by atoms with Gasteiger partial charge in [0.05, 0.1) is 34.7 Å². The molecular weight excluding hydrogens is 343 g/mol. The molecule has 0 aliphatic carbocycles. The Morgan fingerprint density at radius 2 is 2.04 bits per heavy atom. The van der Waals surface area contributed by atoms with Gasteiger partial charge in [-0.05, 0) is 26.0 Å². The highest BCUT2D eigenvalue weighted by atomic mass is 35.5. The Morgan fingerprint density at radius 3 is 2.60 bits per heavy atom. The fourth-order valence-electron chi connectivity index (χ4n) is 2.36. The number of benzene rings is 1. The molecular formula is C18H22ClFN4O. The van der Waals surface area contributed by atoms with Gasteiger partial charge in [-0.2, -0.15) is 0 Å². The van der Waals surface area contributed by atoms with Crippen molar-refractivity contribution < 1.29 is 9.13 Å². The van der Waals surface area contributed by atoms with Crippen LogP contribution < -0.4 is 10.6 Å². The molecule has 0 unspecified atom stereocenters. The Bertz CT molecular complexity index is 793. The van der Waals surface area contributed by atoms with Crippen LogP contribution in [-0.4, -0.2) is 30.2 Å². The van der Waals surface area contributed by atoms with Crippen LogP contribution in [0.2, 0.25) is 5.02 Å². The maximum Gasteiger partial charge on any atom is 0.164 e. The number of aromatic nitrogens is 2. The Balaban J connectivity index is 2.60. The number of halogens is 2. The molecule has 25 heavy (non-hydrogen) atoms. The van der Waals surface area contributed by atoms with Crippen molar-refractivity contribution in [2.24, 2.45) is 0 Å². The third kappa shape index (κ3) is 4.08. The molecule has 2 rings (SSSR count). The van der Waals surface area contributed by atoms with Crippen LogP contribution in [0.5, 0.6) is 0 Å². The summed E-state index contributed by atoms with van der Waals surface area (Å²) in [6.07, 6.45) is 1.59. The van der Waals surface area contributed by atoms with E-state index in [0.717, 1.165) is 0 Å². The summed E-state index contributed by atoms with van der Waals surface area (Å²) in [4.78, 5) is 10.3. The topological polar surface area (TPSA) is 64.3 Å². The number of anilines is 2. The van der Waals surface area contributed by atoms with E-state index in [1.54, 1.807) is 37.2 Å². The van der Waals surface area contributed by atoms with Crippen molar-refractivity contribution in [2.75, 3.05) is 24.7 Å². The molecule has 0 radical (unpaired) electrons. The van der Waals surface area contributed by atoms with Gasteiger partial charge in [0, 0.05) is 19.7 Å². The largest absolute Gasteiger partial charge is 0.383 e. The number of hydrogen-bond acceptors (Lipinski definition) is 5. The van der Waals surface area contributed by atoms with Gasteiger partial charge in [-0.3, -0.25) is 0 Å². The average Bonchev–Trinajstić information content (AvgIpc) is 2.52. The summed E-state index contributed by atoms with van der Waals surface area (Å²) in [5.74, 6) is -0.0928. The average molecular weight is 365 g/mol. The standard InChI is InChI=1S/C18H22ClFN4O/c1-6-11-14(9-25-10(2)3)22-18(23-17(11)21)12-7-8-13(19)16(15(12)20)24(4)5/h6-8,10H,1,9H2,2-5H3,(H2,21,22,23). The second-order valence-corrected chi connectivity index (χ2v) is 6.42. The molecule has 0 bridgehead atoms. The van der Waals surface area contributed by atoms with Crippen molar-refractivity contribution in [1.29, 1.82) is 0 Å². The molecule has 0 saturated carbocycles. The molecule has 0 atom stereocenters. The molecule has 0 fully saturated rings. The summed E-state index contributed by atoms with van der Waals surface area (Å²) < 4.78 is 20.5. The Hall–Kier alpha value is -2.18. The van der Waals surface area contributed by atoms with E-state index in [1.165, 1.54) is 0 Å². The van der Waals surface area contributed by atoms with E-state index >= 15 is 0 Å². The van der Waals surface area contributed by atoms with Gasteiger partial charge in [0.1, 0.15) is 5.82 Å². The minimum atomic E-state index is -0.501. The lowest BCUT2D eigenvalue weighted by molar-refractivity contribution is 0.0635. The summed E-state index contributed by atoms with van der Waals surface area (Å²) in [6.45, 7) is 7.80. The number of rotatable bonds is 6. The fourth-order valence-corrected chi connectivity index (χ4v) is 2.67. The molecule has 0 saturated heterocycles. The second-order valence-electron chi connectivity index (χ2n) is 6.01. The van der Waals surface area contributed by atoms with Crippen LogP contribution >= 0.6 is 11.6 Å². The van der Waals surface area contributed by atoms with Gasteiger partial charge in [0.15, 0.2) is 11.6 Å². The van der Waals surface area contributed by atoms with E-state index < -0.39 is 5.82 Å². The van der Waals surface area contributed by atoms with Crippen LogP contribution in [0.15, 0.2) is 18.7 Å². The van der Waals surface area contributed by atoms with Gasteiger partial charge in [0.2, 0.25) is 0 Å². The predicted molar refractivity (Wildman–Crippen MR) is 101 cm³/mol. The smallest absolute Gasteiger partial charge is 0.164 e. The van der Waals surface area contributed by atoms with Gasteiger partial charge < -0.3 is 15.4 Å². The fraction of sp³-hybridized carbons (Fsp3) is 0.333. The molecule has 2 aromatic rings. The molecule has 0 aliphatic heterocycles. The van der Waals surface area contributed by atoms with Gasteiger partial charge in [-0.1, -0.05) is 24.3 Å². The first kappa shape index (κ1) is 19.1. The first-order chi connectivity index (χ1) is 11.8. The zero-order valence-corrected chi connectivity index (χ0v) is 15.6. The van der Waals surface area contributed by atoms with Crippen molar-refractivity contribution >= 4 is 29.2 Å². The van der Waals surface area contributed by atoms with Crippen LogP contribution in [-0.2, 0) is 11.3 Å². The third-order valence-electron chi connectivity index (χ3n) is 3.57. The maximum atomic E-state index is 14.9. The zero-order valence-electron chi connectivity index (χ0n) is 14.8. The van der Waals surface area contributed by atoms with Gasteiger partial charge >= 0.3 is 0 Å². The first-order valence-corrected chi connectivity index (χ1v) is 8.20. The van der Waals surface area contributed by atoms with Gasteiger partial charge in [0.25, 0.3) is 0 Å². The molecule has 1 aromatic heterocycles. The van der Waals surface area contributed by atoms with E-state index in [0.29, 0.717) is 16.3 Å². The minimum Gasteiger partial charge on any atom is -0.383 e. The Labute approximate surface area is 152 Å². The van der Waals surface area contributed by atoms with E-state index in [4.69, 9.17) is 22.1 Å². The van der Waals surface area contributed by atoms with E-state index in [-0.39, 0.29) is 35.6 Å². The summed E-state index contributed by atoms with van der Waals surface area (Å²) in [6, 6.07) is 3.15. The molecule has 134 valence electrons. The van der Waals surface area contributed by atoms with Crippen LogP contribution in [0.4, 0.5) is 15.9 Å². The molecule has 1 aromatic carbocycles. The summed E-state index contributed by atoms with van der Waals surface area (Å²) >= 11 is 6.10. The van der Waals surface area contributed by atoms with Crippen molar-refractivity contribution in [3.05, 3.63) is 40.8 Å². The molecule has 0 spiro atoms. The van der Waals surface area contributed by atoms with E-state index in [2.05, 4.69) is 16.5 Å². The second kappa shape index (κ2) is 7.80. The van der Waals surface area contributed by atoms with E-state index in [9.17, 15) is 4.39 Å². The summed E-state index contributed by atoms with van der Waals surface area (Å²) in [7, 11) is 3.43. The lowest BCUT2D eigenvalue weighted by Crippen LogP contribution is -2.13. The number of nitrogen functional groups attached to an aromatic ring is 1. The van der Waals surface area contributed by atoms with Crippen molar-refractivity contribution in [3.8, 4) is 11.4 Å². The molecule has 2 N–H and O–H groups in total. The van der Waals surface area contributed by atoms with E-state index in [1.807, 2.05) is 13.8 Å². The SMILES string of the molecule is C=Cc1c(N)nc(-c2ccc(Cl)c(N(C)C)c2F)nc1COC(C)C. The lowest BCUT2D eigenvalue weighted by atomic mass is 10.1. The molecule has 0 aliphatic rings. The number of nitrogens with two attached hydrogens (primary N) is 1. The minimum absolute atomic E-state index is 0.0184. The number of hydrogen-bond donors (Lipinski definition) is 1. The molecule has 7 heteroatoms. The van der Waals surface area contributed by atoms with Crippen molar-refractivity contribution in [1.82, 2.24) is 9.97 Å². The number of nitrogens with zero attached hydrogens (tertiary/aromatic N) is 3. The van der Waals surface area contributed by atoms with Crippen LogP contribution in [0.3, 0.4) is 0 Å². The van der Waals surface area contributed by atoms with Gasteiger partial charge in [-0.25, -0.2) is 14.4 Å². The van der Waals surface area contributed by atoms with Crippen molar-refractivity contribution in [2.45, 2.75) is 26.6 Å². The molecule has 0 amide bonds. The molecule has 1 heterocycles. The van der Waals surface area contributed by atoms with Crippen LogP contribution in [0.1, 0.15) is 25.1 Å². The highest BCUT2D eigenvalue weighted by Crippen LogP contribution is 2.34. The lowest BCUT2D eigenvalue weighted by Gasteiger charge is -2.18. The maximum absolute atomic E-state index is 14.9. The third-order valence-corrected chi connectivity index (χ3v) is 3.87. The van der Waals surface area contributed by atoms with Crippen LogP contribution in [0.25, 0.3) is 17.5 Å². The Kier molecular flexibility index (Phi) is 5.98.